The van der Waals surface area contributed by atoms with Crippen LogP contribution in [-0.2, 0) is 4.74 Å². The molecule has 0 aromatic carbocycles. The van der Waals surface area contributed by atoms with E-state index in [1.807, 2.05) is 13.8 Å². The Hall–Kier alpha value is -1.58. The maximum atomic E-state index is 10.9. The van der Waals surface area contributed by atoms with Crippen molar-refractivity contribution in [2.45, 2.75) is 26.7 Å². The third kappa shape index (κ3) is 3.22. The summed E-state index contributed by atoms with van der Waals surface area (Å²) in [5, 5.41) is 4.05. The Morgan fingerprint density at radius 3 is 2.94 bits per heavy atom. The second-order valence-corrected chi connectivity index (χ2v) is 4.03. The van der Waals surface area contributed by atoms with Gasteiger partial charge in [-0.1, -0.05) is 18.2 Å². The van der Waals surface area contributed by atoms with E-state index in [9.17, 15) is 4.79 Å². The zero-order valence-corrected chi connectivity index (χ0v) is 10.0. The summed E-state index contributed by atoms with van der Waals surface area (Å²) in [6, 6.07) is 0. The van der Waals surface area contributed by atoms with Gasteiger partial charge in [-0.3, -0.25) is 0 Å². The molecule has 1 amide bonds. The molecule has 16 heavy (non-hydrogen) atoms. The van der Waals surface area contributed by atoms with Gasteiger partial charge in [0.05, 0.1) is 12.8 Å². The number of carbonyl (C=O) groups excluding carboxylic acids is 1. The van der Waals surface area contributed by atoms with Crippen molar-refractivity contribution in [1.82, 2.24) is 5.43 Å². The monoisotopic (exact) mass is 222 g/mol. The van der Waals surface area contributed by atoms with Crippen molar-refractivity contribution in [2.24, 2.45) is 11.0 Å². The Labute approximate surface area is 96.1 Å². The van der Waals surface area contributed by atoms with Crippen molar-refractivity contribution in [1.29, 1.82) is 0 Å². The van der Waals surface area contributed by atoms with Crippen molar-refractivity contribution in [3.8, 4) is 0 Å². The molecule has 0 aliphatic heterocycles. The van der Waals surface area contributed by atoms with Crippen LogP contribution in [0, 0.1) is 5.92 Å². The Morgan fingerprint density at radius 2 is 2.38 bits per heavy atom. The van der Waals surface area contributed by atoms with Crippen molar-refractivity contribution in [2.75, 3.05) is 7.11 Å². The number of ether oxygens (including phenoxy) is 1. The van der Waals surface area contributed by atoms with Crippen LogP contribution in [0.1, 0.15) is 26.7 Å². The summed E-state index contributed by atoms with van der Waals surface area (Å²) in [5.74, 6) is 0.418. The summed E-state index contributed by atoms with van der Waals surface area (Å²) < 4.78 is 4.46. The number of hydrazone groups is 1. The fraction of sp³-hybridized carbons (Fsp3) is 0.500. The van der Waals surface area contributed by atoms with Gasteiger partial charge < -0.3 is 4.74 Å². The number of rotatable bonds is 2. The molecular formula is C12H18N2O2. The summed E-state index contributed by atoms with van der Waals surface area (Å²) in [6.07, 6.45) is 3.40. The first kappa shape index (κ1) is 12.5. The number of hydrogen-bond donors (Lipinski definition) is 1. The van der Waals surface area contributed by atoms with Gasteiger partial charge in [-0.15, -0.1) is 0 Å². The molecule has 4 nitrogen and oxygen atoms in total. The van der Waals surface area contributed by atoms with E-state index in [-0.39, 0.29) is 0 Å². The van der Waals surface area contributed by atoms with Gasteiger partial charge >= 0.3 is 6.09 Å². The molecule has 0 aromatic rings. The minimum atomic E-state index is -0.544. The fourth-order valence-electron chi connectivity index (χ4n) is 1.58. The highest BCUT2D eigenvalue weighted by Crippen LogP contribution is 2.26. The van der Waals surface area contributed by atoms with Crippen LogP contribution in [0.4, 0.5) is 4.79 Å². The van der Waals surface area contributed by atoms with Gasteiger partial charge in [0.25, 0.3) is 0 Å². The number of hydrogen-bond acceptors (Lipinski definition) is 3. The Balaban J connectivity index is 2.71. The summed E-state index contributed by atoms with van der Waals surface area (Å²) in [5.41, 5.74) is 5.49. The Kier molecular flexibility index (Phi) is 4.28. The van der Waals surface area contributed by atoms with E-state index in [4.69, 9.17) is 0 Å². The molecule has 0 spiro atoms. The minimum Gasteiger partial charge on any atom is -0.452 e. The van der Waals surface area contributed by atoms with Crippen LogP contribution in [0.3, 0.4) is 0 Å². The van der Waals surface area contributed by atoms with E-state index < -0.39 is 6.09 Å². The van der Waals surface area contributed by atoms with Crippen LogP contribution < -0.4 is 5.43 Å². The second kappa shape index (κ2) is 5.49. The van der Waals surface area contributed by atoms with Crippen LogP contribution >= 0.6 is 0 Å². The Morgan fingerprint density at radius 1 is 1.69 bits per heavy atom. The van der Waals surface area contributed by atoms with Gasteiger partial charge in [-0.2, -0.15) is 5.10 Å². The smallest absolute Gasteiger partial charge is 0.427 e. The van der Waals surface area contributed by atoms with Crippen molar-refractivity contribution < 1.29 is 9.53 Å². The molecule has 0 aromatic heterocycles. The van der Waals surface area contributed by atoms with Gasteiger partial charge in [-0.25, -0.2) is 10.2 Å². The number of allylic oxidation sites excluding steroid dienone is 3. The fourth-order valence-corrected chi connectivity index (χ4v) is 1.58. The van der Waals surface area contributed by atoms with Crippen molar-refractivity contribution >= 4 is 11.8 Å². The molecule has 0 saturated carbocycles. The topological polar surface area (TPSA) is 50.7 Å². The zero-order chi connectivity index (χ0) is 12.1. The normalized spacial score (nSPS) is 22.6. The third-order valence-corrected chi connectivity index (χ3v) is 2.77. The van der Waals surface area contributed by atoms with Crippen molar-refractivity contribution in [3.63, 3.8) is 0 Å². The van der Waals surface area contributed by atoms with Crippen LogP contribution in [0.5, 0.6) is 0 Å². The van der Waals surface area contributed by atoms with Gasteiger partial charge in [0, 0.05) is 0 Å². The van der Waals surface area contributed by atoms with Crippen LogP contribution in [0.25, 0.3) is 0 Å². The van der Waals surface area contributed by atoms with E-state index in [1.165, 1.54) is 7.11 Å². The zero-order valence-electron chi connectivity index (χ0n) is 10.0. The number of methoxy groups -OCH3 is 1. The predicted octanol–water partition coefficient (Wildman–Crippen LogP) is 2.63. The van der Waals surface area contributed by atoms with E-state index in [0.29, 0.717) is 5.92 Å². The molecule has 1 aliphatic carbocycles. The summed E-state index contributed by atoms with van der Waals surface area (Å²) >= 11 is 0. The highest BCUT2D eigenvalue weighted by atomic mass is 16.5. The van der Waals surface area contributed by atoms with Crippen LogP contribution in [0.15, 0.2) is 28.9 Å². The highest BCUT2D eigenvalue weighted by Gasteiger charge is 2.18. The molecule has 0 saturated heterocycles. The summed E-state index contributed by atoms with van der Waals surface area (Å²) in [4.78, 5) is 10.9. The number of amides is 1. The van der Waals surface area contributed by atoms with E-state index in [0.717, 1.165) is 29.7 Å². The average molecular weight is 222 g/mol. The first-order valence-corrected chi connectivity index (χ1v) is 5.27. The van der Waals surface area contributed by atoms with E-state index in [2.05, 4.69) is 27.9 Å². The van der Waals surface area contributed by atoms with Gasteiger partial charge in [0.1, 0.15) is 0 Å². The lowest BCUT2D eigenvalue weighted by atomic mass is 9.85. The minimum absolute atomic E-state index is 0.418. The Bertz CT molecular complexity index is 356. The molecule has 0 heterocycles. The average Bonchev–Trinajstić information content (AvgIpc) is 2.27. The van der Waals surface area contributed by atoms with Crippen LogP contribution in [0.2, 0.25) is 0 Å². The van der Waals surface area contributed by atoms with Crippen molar-refractivity contribution in [3.05, 3.63) is 23.8 Å². The molecule has 1 atom stereocenters. The molecule has 0 radical (unpaired) electrons. The molecule has 0 bridgehead atoms. The largest absolute Gasteiger partial charge is 0.452 e. The molecule has 1 aliphatic rings. The van der Waals surface area contributed by atoms with E-state index in [1.54, 1.807) is 0 Å². The first-order valence-electron chi connectivity index (χ1n) is 5.27. The molecule has 1 N–H and O–H groups in total. The summed E-state index contributed by atoms with van der Waals surface area (Å²) in [7, 11) is 1.32. The second-order valence-electron chi connectivity index (χ2n) is 4.03. The maximum absolute atomic E-state index is 10.9. The lowest BCUT2D eigenvalue weighted by Gasteiger charge is -2.22. The summed E-state index contributed by atoms with van der Waals surface area (Å²) in [6.45, 7) is 7.96. The van der Waals surface area contributed by atoms with Gasteiger partial charge in [0.2, 0.25) is 0 Å². The lowest BCUT2D eigenvalue weighted by Crippen LogP contribution is -2.22. The molecule has 1 rings (SSSR count). The molecule has 4 heteroatoms. The number of nitrogens with zero attached hydrogens (tertiary/aromatic N) is 1. The lowest BCUT2D eigenvalue weighted by molar-refractivity contribution is 0.171. The first-order chi connectivity index (χ1) is 7.54. The van der Waals surface area contributed by atoms with Gasteiger partial charge in [-0.05, 0) is 38.2 Å². The highest BCUT2D eigenvalue weighted by molar-refractivity contribution is 6.01. The SMILES string of the molecule is C=C(C)C1CC=C(C)/C(=N/NC(=O)OC)C1. The third-order valence-electron chi connectivity index (χ3n) is 2.77. The molecule has 88 valence electrons. The number of carbonyl (C=O) groups is 1. The maximum Gasteiger partial charge on any atom is 0.427 e. The molecule has 1 unspecified atom stereocenters. The number of nitrogens with one attached hydrogen (secondary N) is 1. The molecular weight excluding hydrogens is 204 g/mol. The van der Waals surface area contributed by atoms with E-state index >= 15 is 0 Å². The predicted molar refractivity (Wildman–Crippen MR) is 64.3 cm³/mol. The molecule has 0 fully saturated rings. The van der Waals surface area contributed by atoms with Gasteiger partial charge in [0.15, 0.2) is 0 Å². The quantitative estimate of drug-likeness (QED) is 0.576. The van der Waals surface area contributed by atoms with Crippen LogP contribution in [-0.4, -0.2) is 18.9 Å². The standard InChI is InChI=1S/C12H18N2O2/c1-8(2)10-6-5-9(3)11(7-10)13-14-12(15)16-4/h5,10H,1,6-7H2,2-4H3,(H,14,15)/b13-11+.